The van der Waals surface area contributed by atoms with Gasteiger partial charge < -0.3 is 19.5 Å². The Morgan fingerprint density at radius 2 is 2.11 bits per heavy atom. The van der Waals surface area contributed by atoms with E-state index in [1.54, 1.807) is 14.0 Å². The molecule has 0 aromatic heterocycles. The summed E-state index contributed by atoms with van der Waals surface area (Å²) in [5.41, 5.74) is 0.456. The van der Waals surface area contributed by atoms with E-state index < -0.39 is 0 Å². The van der Waals surface area contributed by atoms with Gasteiger partial charge in [0.15, 0.2) is 0 Å². The molecule has 0 aromatic carbocycles. The molecular formula is C13H25NO4. The van der Waals surface area contributed by atoms with E-state index in [2.05, 4.69) is 5.32 Å². The topological polar surface area (TPSA) is 56.8 Å². The van der Waals surface area contributed by atoms with Crippen molar-refractivity contribution in [2.45, 2.75) is 26.2 Å². The van der Waals surface area contributed by atoms with Crippen LogP contribution in [0.2, 0.25) is 0 Å². The number of ether oxygens (including phenoxy) is 3. The van der Waals surface area contributed by atoms with Gasteiger partial charge in [0.25, 0.3) is 0 Å². The van der Waals surface area contributed by atoms with Gasteiger partial charge in [-0.15, -0.1) is 0 Å². The number of rotatable bonds is 11. The van der Waals surface area contributed by atoms with Gasteiger partial charge in [0, 0.05) is 26.8 Å². The molecule has 1 aliphatic carbocycles. The maximum Gasteiger partial charge on any atom is 0.332 e. The molecule has 1 aliphatic rings. The molecule has 1 fully saturated rings. The summed E-state index contributed by atoms with van der Waals surface area (Å²) in [6.45, 7) is 5.40. The largest absolute Gasteiger partial charge is 0.464 e. The molecule has 0 amide bonds. The van der Waals surface area contributed by atoms with Crippen molar-refractivity contribution >= 4 is 5.97 Å². The van der Waals surface area contributed by atoms with Gasteiger partial charge in [-0.3, -0.25) is 0 Å². The predicted molar refractivity (Wildman–Crippen MR) is 68.5 cm³/mol. The second kappa shape index (κ2) is 8.45. The average Bonchev–Trinajstić information content (AvgIpc) is 3.12. The van der Waals surface area contributed by atoms with Gasteiger partial charge in [-0.25, -0.2) is 4.79 Å². The van der Waals surface area contributed by atoms with Crippen LogP contribution in [-0.2, 0) is 19.0 Å². The number of hydrogen-bond donors (Lipinski definition) is 1. The number of esters is 1. The minimum Gasteiger partial charge on any atom is -0.464 e. The number of methoxy groups -OCH3 is 1. The Morgan fingerprint density at radius 3 is 2.72 bits per heavy atom. The lowest BCUT2D eigenvalue weighted by molar-refractivity contribution is -0.148. The Morgan fingerprint density at radius 1 is 1.33 bits per heavy atom. The van der Waals surface area contributed by atoms with Crippen molar-refractivity contribution < 1.29 is 19.0 Å². The van der Waals surface area contributed by atoms with Gasteiger partial charge in [0.1, 0.15) is 6.61 Å². The van der Waals surface area contributed by atoms with Gasteiger partial charge in [-0.05, 0) is 31.6 Å². The van der Waals surface area contributed by atoms with Gasteiger partial charge >= 0.3 is 5.97 Å². The lowest BCUT2D eigenvalue weighted by Crippen LogP contribution is -2.28. The van der Waals surface area contributed by atoms with Crippen LogP contribution in [0.1, 0.15) is 26.2 Å². The van der Waals surface area contributed by atoms with Crippen LogP contribution in [0, 0.1) is 5.41 Å². The van der Waals surface area contributed by atoms with E-state index in [9.17, 15) is 4.79 Å². The van der Waals surface area contributed by atoms with E-state index in [0.29, 0.717) is 18.6 Å². The fourth-order valence-electron chi connectivity index (χ4n) is 1.87. The zero-order valence-electron chi connectivity index (χ0n) is 11.5. The van der Waals surface area contributed by atoms with E-state index in [-0.39, 0.29) is 12.6 Å². The summed E-state index contributed by atoms with van der Waals surface area (Å²) >= 11 is 0. The van der Waals surface area contributed by atoms with Gasteiger partial charge in [0.05, 0.1) is 13.2 Å². The van der Waals surface area contributed by atoms with Gasteiger partial charge in [0.2, 0.25) is 0 Å². The molecule has 0 aliphatic heterocycles. The fourth-order valence-corrected chi connectivity index (χ4v) is 1.87. The Labute approximate surface area is 109 Å². The van der Waals surface area contributed by atoms with Crippen LogP contribution in [-0.4, -0.2) is 52.6 Å². The van der Waals surface area contributed by atoms with Crippen molar-refractivity contribution in [1.29, 1.82) is 0 Å². The van der Waals surface area contributed by atoms with Gasteiger partial charge in [-0.2, -0.15) is 0 Å². The Kier molecular flexibility index (Phi) is 7.23. The van der Waals surface area contributed by atoms with Crippen molar-refractivity contribution in [3.8, 4) is 0 Å². The van der Waals surface area contributed by atoms with Crippen molar-refractivity contribution in [2.75, 3.05) is 46.6 Å². The lowest BCUT2D eigenvalue weighted by atomic mass is 10.0. The van der Waals surface area contributed by atoms with Crippen molar-refractivity contribution in [2.24, 2.45) is 5.41 Å². The van der Waals surface area contributed by atoms with E-state index in [1.807, 2.05) is 0 Å². The molecule has 1 N–H and O–H groups in total. The molecule has 106 valence electrons. The predicted octanol–water partition coefficient (Wildman–Crippen LogP) is 0.972. The quantitative estimate of drug-likeness (QED) is 0.442. The zero-order chi connectivity index (χ0) is 13.3. The fraction of sp³-hybridized carbons (Fsp3) is 0.923. The third kappa shape index (κ3) is 6.33. The molecule has 5 nitrogen and oxygen atoms in total. The Bertz CT molecular complexity index is 241. The first kappa shape index (κ1) is 15.4. The Balaban J connectivity index is 1.91. The molecule has 0 spiro atoms. The summed E-state index contributed by atoms with van der Waals surface area (Å²) in [6.07, 6.45) is 3.69. The second-order valence-corrected chi connectivity index (χ2v) is 4.78. The normalized spacial score (nSPS) is 16.6. The lowest BCUT2D eigenvalue weighted by Gasteiger charge is -2.15. The van der Waals surface area contributed by atoms with Crippen LogP contribution in [0.3, 0.4) is 0 Å². The Hall–Kier alpha value is -0.650. The first-order valence-corrected chi connectivity index (χ1v) is 6.65. The van der Waals surface area contributed by atoms with Crippen LogP contribution in [0.15, 0.2) is 0 Å². The van der Waals surface area contributed by atoms with Crippen LogP contribution in [0.5, 0.6) is 0 Å². The SMILES string of the molecule is CCOC(=O)COCCNCC1(CCOC)CC1. The molecule has 5 heteroatoms. The molecule has 0 atom stereocenters. The highest BCUT2D eigenvalue weighted by molar-refractivity contribution is 5.70. The maximum atomic E-state index is 11.0. The summed E-state index contributed by atoms with van der Waals surface area (Å²) in [5.74, 6) is -0.295. The van der Waals surface area contributed by atoms with E-state index in [1.165, 1.54) is 12.8 Å². The highest BCUT2D eigenvalue weighted by Gasteiger charge is 2.41. The van der Waals surface area contributed by atoms with Crippen LogP contribution < -0.4 is 5.32 Å². The smallest absolute Gasteiger partial charge is 0.332 e. The average molecular weight is 259 g/mol. The molecule has 1 saturated carbocycles. The molecule has 0 bridgehead atoms. The van der Waals surface area contributed by atoms with Crippen molar-refractivity contribution in [3.05, 3.63) is 0 Å². The first-order valence-electron chi connectivity index (χ1n) is 6.65. The van der Waals surface area contributed by atoms with Crippen LogP contribution >= 0.6 is 0 Å². The zero-order valence-corrected chi connectivity index (χ0v) is 11.5. The number of nitrogens with one attached hydrogen (secondary N) is 1. The number of carbonyl (C=O) groups is 1. The summed E-state index contributed by atoms with van der Waals surface area (Å²) in [4.78, 5) is 11.0. The molecular weight excluding hydrogens is 234 g/mol. The summed E-state index contributed by atoms with van der Waals surface area (Å²) in [5, 5.41) is 3.37. The molecule has 1 rings (SSSR count). The maximum absolute atomic E-state index is 11.0. The van der Waals surface area contributed by atoms with E-state index in [4.69, 9.17) is 14.2 Å². The number of hydrogen-bond acceptors (Lipinski definition) is 5. The molecule has 0 heterocycles. The summed E-state index contributed by atoms with van der Waals surface area (Å²) < 4.78 is 15.1. The van der Waals surface area contributed by atoms with E-state index in [0.717, 1.165) is 26.1 Å². The molecule has 0 aromatic rings. The standard InChI is InChI=1S/C13H25NO4/c1-3-18-12(15)10-17-9-7-14-11-13(4-5-13)6-8-16-2/h14H,3-11H2,1-2H3. The molecule has 18 heavy (non-hydrogen) atoms. The third-order valence-corrected chi connectivity index (χ3v) is 3.24. The minimum absolute atomic E-state index is 0.0460. The monoisotopic (exact) mass is 259 g/mol. The van der Waals surface area contributed by atoms with Crippen LogP contribution in [0.4, 0.5) is 0 Å². The molecule has 0 radical (unpaired) electrons. The highest BCUT2D eigenvalue weighted by Crippen LogP contribution is 2.48. The van der Waals surface area contributed by atoms with Gasteiger partial charge in [-0.1, -0.05) is 0 Å². The third-order valence-electron chi connectivity index (χ3n) is 3.24. The second-order valence-electron chi connectivity index (χ2n) is 4.78. The van der Waals surface area contributed by atoms with Crippen molar-refractivity contribution in [1.82, 2.24) is 5.32 Å². The summed E-state index contributed by atoms with van der Waals surface area (Å²) in [7, 11) is 1.74. The van der Waals surface area contributed by atoms with E-state index >= 15 is 0 Å². The summed E-state index contributed by atoms with van der Waals surface area (Å²) in [6, 6.07) is 0. The minimum atomic E-state index is -0.295. The highest BCUT2D eigenvalue weighted by atomic mass is 16.6. The number of carbonyl (C=O) groups excluding carboxylic acids is 1. The molecule has 0 saturated heterocycles. The molecule has 0 unspecified atom stereocenters. The van der Waals surface area contributed by atoms with Crippen molar-refractivity contribution in [3.63, 3.8) is 0 Å². The van der Waals surface area contributed by atoms with Crippen LogP contribution in [0.25, 0.3) is 0 Å². The first-order chi connectivity index (χ1) is 8.72.